The molecule has 0 fully saturated rings. The molecule has 4 rings (SSSR count). The van der Waals surface area contributed by atoms with Crippen molar-refractivity contribution in [2.24, 2.45) is 0 Å². The van der Waals surface area contributed by atoms with Crippen molar-refractivity contribution < 1.29 is 9.13 Å². The number of ether oxygens (including phenoxy) is 1. The minimum Gasteiger partial charge on any atom is -0.493 e. The monoisotopic (exact) mass is 398 g/mol. The molecule has 1 heterocycles. The van der Waals surface area contributed by atoms with E-state index in [2.05, 4.69) is 29.0 Å². The normalized spacial score (nSPS) is 10.4. The van der Waals surface area contributed by atoms with Crippen molar-refractivity contribution in [3.05, 3.63) is 106 Å². The molecule has 1 aromatic heterocycles. The van der Waals surface area contributed by atoms with Crippen molar-refractivity contribution >= 4 is 10.9 Å². The molecule has 30 heavy (non-hydrogen) atoms. The van der Waals surface area contributed by atoms with Crippen LogP contribution in [0.4, 0.5) is 4.39 Å². The molecule has 0 bridgehead atoms. The van der Waals surface area contributed by atoms with Crippen LogP contribution < -0.4 is 10.3 Å². The van der Waals surface area contributed by atoms with Gasteiger partial charge in [-0.3, -0.25) is 9.36 Å². The predicted octanol–water partition coefficient (Wildman–Crippen LogP) is 4.21. The average Bonchev–Trinajstić information content (AvgIpc) is 2.77. The highest BCUT2D eigenvalue weighted by atomic mass is 19.1. The van der Waals surface area contributed by atoms with Crippen LogP contribution in [0.2, 0.25) is 0 Å². The molecule has 148 valence electrons. The van der Waals surface area contributed by atoms with Gasteiger partial charge >= 0.3 is 0 Å². The van der Waals surface area contributed by atoms with Crippen LogP contribution in [0.5, 0.6) is 5.75 Å². The summed E-state index contributed by atoms with van der Waals surface area (Å²) in [6, 6.07) is 21.7. The van der Waals surface area contributed by atoms with Crippen LogP contribution in [0, 0.1) is 17.7 Å². The number of hydrogen-bond acceptors (Lipinski definition) is 3. The standard InChI is InChI=1S/C25H19FN2O2/c26-21-10-13-24-23(17-21)25(29)28(18-27-24)15-4-7-20-8-11-22(12-9-20)30-16-14-19-5-2-1-3-6-19/h1-3,5-6,8-13,17-18H,14-16H2. The van der Waals surface area contributed by atoms with Gasteiger partial charge in [0, 0.05) is 12.0 Å². The largest absolute Gasteiger partial charge is 0.493 e. The molecule has 4 nitrogen and oxygen atoms in total. The van der Waals surface area contributed by atoms with Crippen LogP contribution in [0.15, 0.2) is 83.9 Å². The first-order valence-electron chi connectivity index (χ1n) is 9.59. The molecular formula is C25H19FN2O2. The fourth-order valence-corrected chi connectivity index (χ4v) is 3.04. The number of aromatic nitrogens is 2. The second-order valence-corrected chi connectivity index (χ2v) is 6.75. The smallest absolute Gasteiger partial charge is 0.262 e. The molecule has 0 saturated carbocycles. The Hall–Kier alpha value is -3.91. The first-order valence-corrected chi connectivity index (χ1v) is 9.59. The highest BCUT2D eigenvalue weighted by molar-refractivity contribution is 5.77. The van der Waals surface area contributed by atoms with Crippen molar-refractivity contribution in [1.82, 2.24) is 9.55 Å². The van der Waals surface area contributed by atoms with E-state index >= 15 is 0 Å². The molecule has 0 unspecified atom stereocenters. The average molecular weight is 398 g/mol. The molecule has 0 amide bonds. The summed E-state index contributed by atoms with van der Waals surface area (Å²) in [6.45, 7) is 0.779. The van der Waals surface area contributed by atoms with Gasteiger partial charge in [0.1, 0.15) is 11.6 Å². The lowest BCUT2D eigenvalue weighted by Crippen LogP contribution is -2.20. The van der Waals surface area contributed by atoms with Crippen LogP contribution in [-0.2, 0) is 13.0 Å². The molecule has 0 aliphatic heterocycles. The zero-order chi connectivity index (χ0) is 20.8. The number of fused-ring (bicyclic) bond motifs is 1. The van der Waals surface area contributed by atoms with Crippen molar-refractivity contribution in [3.63, 3.8) is 0 Å². The molecule has 0 atom stereocenters. The molecule has 0 saturated heterocycles. The maximum atomic E-state index is 13.4. The van der Waals surface area contributed by atoms with Gasteiger partial charge in [0.25, 0.3) is 5.56 Å². The third-order valence-corrected chi connectivity index (χ3v) is 4.62. The lowest BCUT2D eigenvalue weighted by molar-refractivity contribution is 0.322. The summed E-state index contributed by atoms with van der Waals surface area (Å²) in [4.78, 5) is 16.6. The first-order chi connectivity index (χ1) is 14.7. The van der Waals surface area contributed by atoms with E-state index in [1.54, 1.807) is 0 Å². The Bertz CT molecular complexity index is 1270. The quantitative estimate of drug-likeness (QED) is 0.473. The maximum absolute atomic E-state index is 13.4. The van der Waals surface area contributed by atoms with Crippen LogP contribution in [-0.4, -0.2) is 16.2 Å². The van der Waals surface area contributed by atoms with Gasteiger partial charge < -0.3 is 4.74 Å². The Labute approximate surface area is 173 Å². The summed E-state index contributed by atoms with van der Waals surface area (Å²) in [6.07, 6.45) is 2.28. The molecule has 0 aliphatic carbocycles. The van der Waals surface area contributed by atoms with E-state index in [9.17, 15) is 9.18 Å². The Balaban J connectivity index is 1.37. The van der Waals surface area contributed by atoms with E-state index in [0.29, 0.717) is 12.1 Å². The molecule has 4 aromatic rings. The van der Waals surface area contributed by atoms with Crippen molar-refractivity contribution in [2.75, 3.05) is 6.61 Å². The van der Waals surface area contributed by atoms with Gasteiger partial charge in [-0.15, -0.1) is 0 Å². The minimum absolute atomic E-state index is 0.174. The Morgan fingerprint density at radius 1 is 1.00 bits per heavy atom. The van der Waals surface area contributed by atoms with E-state index < -0.39 is 5.82 Å². The summed E-state index contributed by atoms with van der Waals surface area (Å²) in [7, 11) is 0. The molecule has 5 heteroatoms. The third-order valence-electron chi connectivity index (χ3n) is 4.62. The lowest BCUT2D eigenvalue weighted by Gasteiger charge is -2.06. The summed E-state index contributed by atoms with van der Waals surface area (Å²) >= 11 is 0. The highest BCUT2D eigenvalue weighted by Gasteiger charge is 2.04. The van der Waals surface area contributed by atoms with Crippen molar-refractivity contribution in [3.8, 4) is 17.6 Å². The van der Waals surface area contributed by atoms with E-state index in [1.165, 1.54) is 34.7 Å². The number of halogens is 1. The van der Waals surface area contributed by atoms with E-state index in [-0.39, 0.29) is 17.5 Å². The van der Waals surface area contributed by atoms with Gasteiger partial charge in [-0.05, 0) is 48.0 Å². The van der Waals surface area contributed by atoms with E-state index in [0.717, 1.165) is 17.7 Å². The van der Waals surface area contributed by atoms with Gasteiger partial charge in [-0.25, -0.2) is 9.37 Å². The van der Waals surface area contributed by atoms with Gasteiger partial charge in [-0.1, -0.05) is 42.2 Å². The fraction of sp³-hybridized carbons (Fsp3) is 0.120. The maximum Gasteiger partial charge on any atom is 0.262 e. The molecule has 0 radical (unpaired) electrons. The predicted molar refractivity (Wildman–Crippen MR) is 115 cm³/mol. The second kappa shape index (κ2) is 9.06. The molecule has 0 spiro atoms. The molecule has 3 aromatic carbocycles. The van der Waals surface area contributed by atoms with Gasteiger partial charge in [0.05, 0.1) is 30.4 Å². The van der Waals surface area contributed by atoms with Gasteiger partial charge in [-0.2, -0.15) is 0 Å². The third kappa shape index (κ3) is 4.73. The number of nitrogens with zero attached hydrogens (tertiary/aromatic N) is 2. The second-order valence-electron chi connectivity index (χ2n) is 6.75. The van der Waals surface area contributed by atoms with Gasteiger partial charge in [0.2, 0.25) is 0 Å². The van der Waals surface area contributed by atoms with Crippen molar-refractivity contribution in [2.45, 2.75) is 13.0 Å². The van der Waals surface area contributed by atoms with Crippen molar-refractivity contribution in [1.29, 1.82) is 0 Å². The summed E-state index contributed by atoms with van der Waals surface area (Å²) in [5.41, 5.74) is 2.21. The fourth-order valence-electron chi connectivity index (χ4n) is 3.04. The van der Waals surface area contributed by atoms with Crippen LogP contribution in [0.3, 0.4) is 0 Å². The minimum atomic E-state index is -0.462. The molecular weight excluding hydrogens is 379 g/mol. The highest BCUT2D eigenvalue weighted by Crippen LogP contribution is 2.12. The van der Waals surface area contributed by atoms with Gasteiger partial charge in [0.15, 0.2) is 0 Å². The Morgan fingerprint density at radius 3 is 2.60 bits per heavy atom. The lowest BCUT2D eigenvalue weighted by atomic mass is 10.2. The Morgan fingerprint density at radius 2 is 1.80 bits per heavy atom. The summed E-state index contributed by atoms with van der Waals surface area (Å²) < 4.78 is 20.5. The SMILES string of the molecule is O=c1c2cc(F)ccc2ncn1CC#Cc1ccc(OCCc2ccccc2)cc1. The zero-order valence-electron chi connectivity index (χ0n) is 16.2. The molecule has 0 N–H and O–H groups in total. The first kappa shape index (κ1) is 19.4. The number of rotatable bonds is 5. The van der Waals surface area contributed by atoms with E-state index in [1.807, 2.05) is 42.5 Å². The summed E-state index contributed by atoms with van der Waals surface area (Å²) in [5, 5.41) is 0.247. The number of hydrogen-bond donors (Lipinski definition) is 0. The Kier molecular flexibility index (Phi) is 5.86. The summed E-state index contributed by atoms with van der Waals surface area (Å²) in [5.74, 6) is 6.31. The molecule has 0 aliphatic rings. The topological polar surface area (TPSA) is 44.1 Å². The zero-order valence-corrected chi connectivity index (χ0v) is 16.2. The van der Waals surface area contributed by atoms with Crippen LogP contribution in [0.25, 0.3) is 10.9 Å². The number of benzene rings is 3. The van der Waals surface area contributed by atoms with E-state index in [4.69, 9.17) is 4.74 Å². The van der Waals surface area contributed by atoms with Crippen LogP contribution in [0.1, 0.15) is 11.1 Å². The van der Waals surface area contributed by atoms with Crippen LogP contribution >= 0.6 is 0 Å².